The van der Waals surface area contributed by atoms with Crippen LogP contribution in [-0.4, -0.2) is 4.98 Å². The molecule has 0 saturated carbocycles. The van der Waals surface area contributed by atoms with Crippen LogP contribution >= 0.6 is 0 Å². The standard InChI is InChI=1S/C8H7F5N2/c1-3-4(6(9)10)2-15-7(14)5(3)8(11,12)13/h2,6H,1H3,(H2,14,15). The molecule has 7 heteroatoms. The van der Waals surface area contributed by atoms with Gasteiger partial charge in [-0.15, -0.1) is 0 Å². The second-order valence-corrected chi connectivity index (χ2v) is 2.90. The molecular weight excluding hydrogens is 219 g/mol. The second kappa shape index (κ2) is 3.63. The highest BCUT2D eigenvalue weighted by Crippen LogP contribution is 2.38. The molecule has 15 heavy (non-hydrogen) atoms. The zero-order chi connectivity index (χ0) is 11.8. The predicted molar refractivity (Wildman–Crippen MR) is 43.3 cm³/mol. The number of nitrogens with zero attached hydrogens (tertiary/aromatic N) is 1. The smallest absolute Gasteiger partial charge is 0.383 e. The molecule has 1 heterocycles. The summed E-state index contributed by atoms with van der Waals surface area (Å²) in [7, 11) is 0. The van der Waals surface area contributed by atoms with Crippen molar-refractivity contribution in [3.05, 3.63) is 22.9 Å². The number of rotatable bonds is 1. The molecule has 0 unspecified atom stereocenters. The van der Waals surface area contributed by atoms with Gasteiger partial charge in [-0.1, -0.05) is 0 Å². The first-order valence-electron chi connectivity index (χ1n) is 3.85. The molecule has 0 aliphatic rings. The number of halogens is 5. The van der Waals surface area contributed by atoms with Crippen LogP contribution in [0.2, 0.25) is 0 Å². The van der Waals surface area contributed by atoms with Gasteiger partial charge < -0.3 is 5.73 Å². The maximum absolute atomic E-state index is 12.4. The summed E-state index contributed by atoms with van der Waals surface area (Å²) in [5, 5.41) is 0. The molecule has 0 atom stereocenters. The summed E-state index contributed by atoms with van der Waals surface area (Å²) in [5.41, 5.74) is 2.38. The zero-order valence-electron chi connectivity index (χ0n) is 7.57. The largest absolute Gasteiger partial charge is 0.420 e. The van der Waals surface area contributed by atoms with Crippen LogP contribution in [-0.2, 0) is 6.18 Å². The first-order chi connectivity index (χ1) is 6.75. The number of alkyl halides is 5. The van der Waals surface area contributed by atoms with Gasteiger partial charge in [0.2, 0.25) is 0 Å². The van der Waals surface area contributed by atoms with Crippen molar-refractivity contribution in [1.29, 1.82) is 0 Å². The van der Waals surface area contributed by atoms with Crippen molar-refractivity contribution in [2.45, 2.75) is 19.5 Å². The van der Waals surface area contributed by atoms with Gasteiger partial charge in [-0.2, -0.15) is 13.2 Å². The summed E-state index contributed by atoms with van der Waals surface area (Å²) in [5.74, 6) is -0.788. The third kappa shape index (κ3) is 2.16. The Bertz CT molecular complexity index is 372. The van der Waals surface area contributed by atoms with Crippen molar-refractivity contribution in [3.63, 3.8) is 0 Å². The third-order valence-electron chi connectivity index (χ3n) is 1.93. The molecule has 0 amide bonds. The van der Waals surface area contributed by atoms with E-state index in [2.05, 4.69) is 4.98 Å². The molecule has 1 aromatic heterocycles. The number of hydrogen-bond donors (Lipinski definition) is 1. The quantitative estimate of drug-likeness (QED) is 0.747. The number of aromatic nitrogens is 1. The van der Waals surface area contributed by atoms with Gasteiger partial charge in [-0.25, -0.2) is 13.8 Å². The Kier molecular flexibility index (Phi) is 2.83. The minimum absolute atomic E-state index is 0.579. The molecule has 0 fully saturated rings. The van der Waals surface area contributed by atoms with Crippen LogP contribution < -0.4 is 5.73 Å². The van der Waals surface area contributed by atoms with E-state index in [1.54, 1.807) is 0 Å². The molecule has 84 valence electrons. The lowest BCUT2D eigenvalue weighted by Crippen LogP contribution is -2.14. The van der Waals surface area contributed by atoms with Crippen LogP contribution in [0.5, 0.6) is 0 Å². The van der Waals surface area contributed by atoms with E-state index in [1.807, 2.05) is 0 Å². The zero-order valence-corrected chi connectivity index (χ0v) is 7.57. The number of hydrogen-bond acceptors (Lipinski definition) is 2. The molecule has 0 saturated heterocycles. The van der Waals surface area contributed by atoms with E-state index >= 15 is 0 Å². The Balaban J connectivity index is 3.44. The lowest BCUT2D eigenvalue weighted by Gasteiger charge is -2.14. The van der Waals surface area contributed by atoms with Gasteiger partial charge in [-0.3, -0.25) is 0 Å². The van der Waals surface area contributed by atoms with Gasteiger partial charge in [0.15, 0.2) is 0 Å². The van der Waals surface area contributed by atoms with E-state index in [-0.39, 0.29) is 0 Å². The molecule has 0 aliphatic carbocycles. The first kappa shape index (κ1) is 11.7. The highest BCUT2D eigenvalue weighted by atomic mass is 19.4. The fourth-order valence-corrected chi connectivity index (χ4v) is 1.21. The molecule has 2 N–H and O–H groups in total. The van der Waals surface area contributed by atoms with Gasteiger partial charge in [0.05, 0.1) is 0 Å². The highest BCUT2D eigenvalue weighted by molar-refractivity contribution is 5.49. The van der Waals surface area contributed by atoms with Crippen molar-refractivity contribution in [2.24, 2.45) is 0 Å². The van der Waals surface area contributed by atoms with Crippen molar-refractivity contribution in [3.8, 4) is 0 Å². The summed E-state index contributed by atoms with van der Waals surface area (Å²) < 4.78 is 61.7. The van der Waals surface area contributed by atoms with E-state index in [4.69, 9.17) is 5.73 Å². The monoisotopic (exact) mass is 226 g/mol. The van der Waals surface area contributed by atoms with Crippen LogP contribution in [0.4, 0.5) is 27.8 Å². The van der Waals surface area contributed by atoms with Gasteiger partial charge in [-0.05, 0) is 12.5 Å². The van der Waals surface area contributed by atoms with Gasteiger partial charge in [0.25, 0.3) is 6.43 Å². The maximum Gasteiger partial charge on any atom is 0.420 e. The number of nitrogen functional groups attached to an aromatic ring is 1. The normalized spacial score (nSPS) is 12.2. The van der Waals surface area contributed by atoms with Crippen molar-refractivity contribution >= 4 is 5.82 Å². The molecule has 0 bridgehead atoms. The third-order valence-corrected chi connectivity index (χ3v) is 1.93. The minimum atomic E-state index is -4.77. The summed E-state index contributed by atoms with van der Waals surface area (Å²) in [6.07, 6.45) is -7.12. The van der Waals surface area contributed by atoms with Gasteiger partial charge >= 0.3 is 6.18 Å². The summed E-state index contributed by atoms with van der Waals surface area (Å²) in [4.78, 5) is 3.11. The van der Waals surface area contributed by atoms with E-state index < -0.39 is 35.1 Å². The van der Waals surface area contributed by atoms with E-state index in [1.165, 1.54) is 0 Å². The fraction of sp³-hybridized carbons (Fsp3) is 0.375. The van der Waals surface area contributed by atoms with Gasteiger partial charge in [0.1, 0.15) is 11.4 Å². The average Bonchev–Trinajstić information content (AvgIpc) is 2.00. The molecule has 0 radical (unpaired) electrons. The van der Waals surface area contributed by atoms with Crippen LogP contribution in [0.3, 0.4) is 0 Å². The molecule has 1 aromatic rings. The first-order valence-corrected chi connectivity index (χ1v) is 3.85. The second-order valence-electron chi connectivity index (χ2n) is 2.90. The van der Waals surface area contributed by atoms with Crippen LogP contribution in [0.15, 0.2) is 6.20 Å². The topological polar surface area (TPSA) is 38.9 Å². The van der Waals surface area contributed by atoms with E-state index in [0.717, 1.165) is 6.92 Å². The van der Waals surface area contributed by atoms with Crippen LogP contribution in [0.1, 0.15) is 23.1 Å². The molecular formula is C8H7F5N2. The Morgan fingerprint density at radius 1 is 1.33 bits per heavy atom. The van der Waals surface area contributed by atoms with Crippen LogP contribution in [0.25, 0.3) is 0 Å². The van der Waals surface area contributed by atoms with Crippen molar-refractivity contribution in [1.82, 2.24) is 4.98 Å². The van der Waals surface area contributed by atoms with E-state index in [0.29, 0.717) is 6.20 Å². The van der Waals surface area contributed by atoms with Crippen LogP contribution in [0, 0.1) is 6.92 Å². The van der Waals surface area contributed by atoms with Gasteiger partial charge in [0, 0.05) is 11.8 Å². The maximum atomic E-state index is 12.4. The number of pyridine rings is 1. The average molecular weight is 226 g/mol. The van der Waals surface area contributed by atoms with Crippen molar-refractivity contribution < 1.29 is 22.0 Å². The highest BCUT2D eigenvalue weighted by Gasteiger charge is 2.37. The molecule has 0 aliphatic heterocycles. The molecule has 0 spiro atoms. The summed E-state index contributed by atoms with van der Waals surface area (Å²) in [6, 6.07) is 0. The van der Waals surface area contributed by atoms with E-state index in [9.17, 15) is 22.0 Å². The molecule has 1 rings (SSSR count). The summed E-state index contributed by atoms with van der Waals surface area (Å²) in [6.45, 7) is 0.947. The number of nitrogens with two attached hydrogens (primary N) is 1. The molecule has 2 nitrogen and oxygen atoms in total. The number of anilines is 1. The van der Waals surface area contributed by atoms with Crippen molar-refractivity contribution in [2.75, 3.05) is 5.73 Å². The Labute approximate surface area is 81.9 Å². The summed E-state index contributed by atoms with van der Waals surface area (Å²) >= 11 is 0. The minimum Gasteiger partial charge on any atom is -0.383 e. The molecule has 0 aromatic carbocycles. The predicted octanol–water partition coefficient (Wildman–Crippen LogP) is 2.93. The lowest BCUT2D eigenvalue weighted by atomic mass is 10.0. The SMILES string of the molecule is Cc1c(C(F)F)cnc(N)c1C(F)(F)F. The lowest BCUT2D eigenvalue weighted by molar-refractivity contribution is -0.137. The Hall–Kier alpha value is -1.40. The Morgan fingerprint density at radius 2 is 1.87 bits per heavy atom. The Morgan fingerprint density at radius 3 is 2.27 bits per heavy atom. The fourth-order valence-electron chi connectivity index (χ4n) is 1.21.